The fourth-order valence-electron chi connectivity index (χ4n) is 5.60. The quantitative estimate of drug-likeness (QED) is 0.0292. The Balaban J connectivity index is 1.41. The molecule has 0 radical (unpaired) electrons. The average molecular weight is 796 g/mol. The lowest BCUT2D eigenvalue weighted by atomic mass is 9.96. The summed E-state index contributed by atoms with van der Waals surface area (Å²) in [6, 6.07) is -0.821. The van der Waals surface area contributed by atoms with E-state index in [1.54, 1.807) is 6.92 Å². The van der Waals surface area contributed by atoms with Gasteiger partial charge in [0.2, 0.25) is 6.29 Å². The Bertz CT molecular complexity index is 1150. The minimum absolute atomic E-state index is 0.0183. The summed E-state index contributed by atoms with van der Waals surface area (Å²) in [4.78, 5) is 9.56. The molecule has 0 unspecified atom stereocenters. The Morgan fingerprint density at radius 3 is 1.71 bits per heavy atom. The number of aliphatic hydroxyl groups excluding tert-OH is 4. The third kappa shape index (κ3) is 17.7. The van der Waals surface area contributed by atoms with Crippen LogP contribution in [0.15, 0.2) is 15.2 Å². The number of nitrogens with zero attached hydrogens (tertiary/aromatic N) is 7. The first kappa shape index (κ1) is 46.9. The van der Waals surface area contributed by atoms with Gasteiger partial charge in [0.15, 0.2) is 12.2 Å². The SMILES string of the molecule is CC1=N[C@H]2[C@@H](O1)O[C@H](CO)[C@@H](O[C@@H]1O[C@H](COCCOCCCOCCOCCN=[N+]=[N-])[C@@H](O)[C@H](OCCOCCCOCCOCCN=[N+]=[N-])[C@@H]1O)[C@@H]2O. The van der Waals surface area contributed by atoms with Crippen LogP contribution >= 0.6 is 0 Å². The smallest absolute Gasteiger partial charge is 0.227 e. The molecule has 4 N–H and O–H groups in total. The van der Waals surface area contributed by atoms with Crippen molar-refractivity contribution in [2.75, 3.05) is 119 Å². The molecule has 0 bridgehead atoms. The second-order valence-electron chi connectivity index (χ2n) is 12.3. The van der Waals surface area contributed by atoms with Crippen molar-refractivity contribution in [1.29, 1.82) is 0 Å². The minimum atomic E-state index is -1.52. The number of hydrogen-bond acceptors (Lipinski definition) is 19. The van der Waals surface area contributed by atoms with Crippen molar-refractivity contribution in [3.05, 3.63) is 20.9 Å². The molecule has 2 saturated heterocycles. The molecular weight excluding hydrogens is 738 g/mol. The van der Waals surface area contributed by atoms with Gasteiger partial charge in [-0.1, -0.05) is 10.2 Å². The van der Waals surface area contributed by atoms with E-state index in [1.165, 1.54) is 0 Å². The monoisotopic (exact) mass is 795 g/mol. The summed E-state index contributed by atoms with van der Waals surface area (Å²) >= 11 is 0. The van der Waals surface area contributed by atoms with Crippen LogP contribution in [0.25, 0.3) is 20.9 Å². The van der Waals surface area contributed by atoms with E-state index in [2.05, 4.69) is 25.0 Å². The van der Waals surface area contributed by atoms with Gasteiger partial charge in [-0.25, -0.2) is 4.99 Å². The van der Waals surface area contributed by atoms with Gasteiger partial charge < -0.3 is 77.3 Å². The number of hydrogen-bond donors (Lipinski definition) is 4. The van der Waals surface area contributed by atoms with Crippen molar-refractivity contribution >= 4 is 5.90 Å². The number of aliphatic hydroxyl groups is 4. The van der Waals surface area contributed by atoms with Crippen molar-refractivity contribution in [2.45, 2.75) is 81.1 Å². The van der Waals surface area contributed by atoms with Gasteiger partial charge in [-0.15, -0.1) is 0 Å². The maximum absolute atomic E-state index is 11.3. The van der Waals surface area contributed by atoms with E-state index in [0.717, 1.165) is 0 Å². The Kier molecular flexibility index (Phi) is 24.6. The predicted octanol–water partition coefficient (Wildman–Crippen LogP) is -0.384. The fraction of sp³-hybridized carbons (Fsp3) is 0.969. The van der Waals surface area contributed by atoms with Crippen LogP contribution in [0.5, 0.6) is 0 Å². The molecule has 23 nitrogen and oxygen atoms in total. The number of aliphatic imine (C=N–C) groups is 1. The number of ether oxygens (including phenoxy) is 12. The van der Waals surface area contributed by atoms with Gasteiger partial charge in [-0.05, 0) is 23.9 Å². The zero-order valence-corrected chi connectivity index (χ0v) is 31.2. The van der Waals surface area contributed by atoms with Gasteiger partial charge in [-0.3, -0.25) is 0 Å². The van der Waals surface area contributed by atoms with Crippen molar-refractivity contribution in [3.63, 3.8) is 0 Å². The van der Waals surface area contributed by atoms with E-state index in [9.17, 15) is 20.4 Å². The molecule has 0 aliphatic carbocycles. The highest BCUT2D eigenvalue weighted by molar-refractivity contribution is 5.75. The zero-order valence-electron chi connectivity index (χ0n) is 31.2. The normalized spacial score (nSPS) is 28.9. The van der Waals surface area contributed by atoms with Crippen LogP contribution in [-0.4, -0.2) is 206 Å². The standard InChI is InChI=1S/C32H57N7O16/c1-22-37-25-27(42)29(23(20-40)53-31(25)52-22)55-32-28(43)30(51-19-18-47-9-3-7-45-13-15-49-11-5-36-39-34)26(41)24(54-32)21-50-17-16-46-8-2-6-44-12-14-48-10-4-35-38-33/h23-32,40-43H,2-21H2,1H3/t23-,24-,25-,26-,27-,28+,29-,30+,31+,32+/m1/s1. The highest BCUT2D eigenvalue weighted by Crippen LogP contribution is 2.33. The van der Waals surface area contributed by atoms with E-state index in [4.69, 9.17) is 67.9 Å². The van der Waals surface area contributed by atoms with Crippen LogP contribution in [0.1, 0.15) is 19.8 Å². The molecule has 0 amide bonds. The number of azide groups is 2. The van der Waals surface area contributed by atoms with Gasteiger partial charge >= 0.3 is 0 Å². The molecule has 10 atom stereocenters. The lowest BCUT2D eigenvalue weighted by molar-refractivity contribution is -0.346. The lowest BCUT2D eigenvalue weighted by Crippen LogP contribution is -2.64. The molecule has 3 rings (SSSR count). The van der Waals surface area contributed by atoms with Gasteiger partial charge in [0, 0.05) is 56.3 Å². The minimum Gasteiger partial charge on any atom is -0.450 e. The molecule has 3 aliphatic rings. The Morgan fingerprint density at radius 1 is 0.636 bits per heavy atom. The Labute approximate surface area is 319 Å². The first-order chi connectivity index (χ1) is 26.9. The van der Waals surface area contributed by atoms with Gasteiger partial charge in [0.1, 0.15) is 48.8 Å². The highest BCUT2D eigenvalue weighted by Gasteiger charge is 2.53. The Hall–Kier alpha value is -2.51. The van der Waals surface area contributed by atoms with Crippen LogP contribution in [0.2, 0.25) is 0 Å². The molecule has 0 saturated carbocycles. The van der Waals surface area contributed by atoms with Crippen LogP contribution in [-0.2, 0) is 56.8 Å². The molecule has 55 heavy (non-hydrogen) atoms. The van der Waals surface area contributed by atoms with Crippen LogP contribution < -0.4 is 0 Å². The molecule has 0 aromatic carbocycles. The molecule has 23 heteroatoms. The molecule has 3 heterocycles. The van der Waals surface area contributed by atoms with Crippen LogP contribution in [0, 0.1) is 0 Å². The number of rotatable bonds is 32. The van der Waals surface area contributed by atoms with E-state index < -0.39 is 68.0 Å². The van der Waals surface area contributed by atoms with Crippen LogP contribution in [0.3, 0.4) is 0 Å². The first-order valence-electron chi connectivity index (χ1n) is 18.4. The third-order valence-corrected chi connectivity index (χ3v) is 8.26. The summed E-state index contributed by atoms with van der Waals surface area (Å²) in [5, 5.41) is 50.4. The molecule has 2 fully saturated rings. The Morgan fingerprint density at radius 2 is 1.16 bits per heavy atom. The second-order valence-corrected chi connectivity index (χ2v) is 12.3. The topological polar surface area (TPSA) is 302 Å². The summed E-state index contributed by atoms with van der Waals surface area (Å²) in [6.07, 6.45) is -9.60. The van der Waals surface area contributed by atoms with Crippen molar-refractivity contribution in [3.8, 4) is 0 Å². The molecular formula is C32H57N7O16. The second kappa shape index (κ2) is 28.8. The van der Waals surface area contributed by atoms with E-state index in [0.29, 0.717) is 84.8 Å². The summed E-state index contributed by atoms with van der Waals surface area (Å²) < 4.78 is 67.6. The predicted molar refractivity (Wildman–Crippen MR) is 188 cm³/mol. The number of fused-ring (bicyclic) bond motifs is 1. The van der Waals surface area contributed by atoms with Crippen molar-refractivity contribution in [1.82, 2.24) is 0 Å². The van der Waals surface area contributed by atoms with Gasteiger partial charge in [0.05, 0.1) is 79.3 Å². The molecule has 0 aromatic rings. The summed E-state index contributed by atoms with van der Waals surface area (Å²) in [7, 11) is 0. The zero-order chi connectivity index (χ0) is 39.5. The van der Waals surface area contributed by atoms with Gasteiger partial charge in [0.25, 0.3) is 0 Å². The summed E-state index contributed by atoms with van der Waals surface area (Å²) in [6.45, 7) is 6.11. The maximum Gasteiger partial charge on any atom is 0.227 e. The third-order valence-electron chi connectivity index (χ3n) is 8.26. The summed E-state index contributed by atoms with van der Waals surface area (Å²) in [5.41, 5.74) is 16.5. The molecule has 316 valence electrons. The molecule has 0 spiro atoms. The van der Waals surface area contributed by atoms with Crippen LogP contribution in [0.4, 0.5) is 0 Å². The fourth-order valence-corrected chi connectivity index (χ4v) is 5.60. The summed E-state index contributed by atoms with van der Waals surface area (Å²) in [5.74, 6) is 0.313. The highest BCUT2D eigenvalue weighted by atomic mass is 16.7. The molecule has 3 aliphatic heterocycles. The maximum atomic E-state index is 11.3. The van der Waals surface area contributed by atoms with E-state index in [-0.39, 0.29) is 46.1 Å². The van der Waals surface area contributed by atoms with Crippen molar-refractivity contribution < 1.29 is 77.3 Å². The van der Waals surface area contributed by atoms with Crippen molar-refractivity contribution in [2.24, 2.45) is 15.2 Å². The van der Waals surface area contributed by atoms with E-state index >= 15 is 0 Å². The molecule has 0 aromatic heterocycles. The average Bonchev–Trinajstić information content (AvgIpc) is 3.57. The first-order valence-corrected chi connectivity index (χ1v) is 18.4. The lowest BCUT2D eigenvalue weighted by Gasteiger charge is -2.46. The largest absolute Gasteiger partial charge is 0.450 e. The van der Waals surface area contributed by atoms with Gasteiger partial charge in [-0.2, -0.15) is 0 Å². The van der Waals surface area contributed by atoms with E-state index in [1.807, 2.05) is 0 Å².